The van der Waals surface area contributed by atoms with Crippen molar-refractivity contribution >= 4 is 28.9 Å². The molecule has 0 spiro atoms. The van der Waals surface area contributed by atoms with Crippen LogP contribution < -0.4 is 20.5 Å². The molecule has 0 saturated carbocycles. The van der Waals surface area contributed by atoms with Gasteiger partial charge in [-0.25, -0.2) is 0 Å². The molecule has 0 saturated heterocycles. The topological polar surface area (TPSA) is 73.6 Å². The van der Waals surface area contributed by atoms with Crippen LogP contribution in [0.4, 0.5) is 11.4 Å². The average Bonchev–Trinajstić information content (AvgIpc) is 2.48. The van der Waals surface area contributed by atoms with Gasteiger partial charge in [-0.05, 0) is 24.3 Å². The van der Waals surface area contributed by atoms with Gasteiger partial charge in [0, 0.05) is 6.07 Å². The number of carbonyl (C=O) groups is 1. The number of methoxy groups -OCH3 is 1. The number of nitrogens with two attached hydrogens (primary N) is 1. The molecule has 5 nitrogen and oxygen atoms in total. The number of rotatable bonds is 5. The molecule has 21 heavy (non-hydrogen) atoms. The lowest BCUT2D eigenvalue weighted by molar-refractivity contribution is -0.118. The van der Waals surface area contributed by atoms with Crippen LogP contribution in [0.25, 0.3) is 0 Å². The lowest BCUT2D eigenvalue weighted by Gasteiger charge is -2.11. The number of anilines is 2. The van der Waals surface area contributed by atoms with Gasteiger partial charge in [-0.15, -0.1) is 0 Å². The summed E-state index contributed by atoms with van der Waals surface area (Å²) >= 11 is 6.01. The van der Waals surface area contributed by atoms with Crippen molar-refractivity contribution in [1.29, 1.82) is 0 Å². The van der Waals surface area contributed by atoms with E-state index in [2.05, 4.69) is 5.32 Å². The molecule has 2 aromatic rings. The molecule has 0 aliphatic rings. The number of ether oxygens (including phenoxy) is 2. The third-order valence-electron chi connectivity index (χ3n) is 2.73. The van der Waals surface area contributed by atoms with Gasteiger partial charge in [0.2, 0.25) is 0 Å². The van der Waals surface area contributed by atoms with Crippen molar-refractivity contribution in [1.82, 2.24) is 0 Å². The number of nitrogen functional groups attached to an aromatic ring is 1. The molecule has 0 aliphatic carbocycles. The van der Waals surface area contributed by atoms with Gasteiger partial charge in [0.05, 0.1) is 23.5 Å². The van der Waals surface area contributed by atoms with Crippen LogP contribution in [0.1, 0.15) is 0 Å². The van der Waals surface area contributed by atoms with E-state index < -0.39 is 0 Å². The van der Waals surface area contributed by atoms with Crippen LogP contribution in [-0.4, -0.2) is 19.6 Å². The molecule has 0 fully saturated rings. The van der Waals surface area contributed by atoms with Gasteiger partial charge < -0.3 is 20.5 Å². The fourth-order valence-corrected chi connectivity index (χ4v) is 1.83. The van der Waals surface area contributed by atoms with Gasteiger partial charge in [-0.1, -0.05) is 23.7 Å². The second kappa shape index (κ2) is 6.85. The Labute approximate surface area is 127 Å². The molecule has 0 unspecified atom stereocenters. The molecule has 0 bridgehead atoms. The molecule has 6 heteroatoms. The van der Waals surface area contributed by atoms with Crippen LogP contribution >= 0.6 is 11.6 Å². The second-order valence-electron chi connectivity index (χ2n) is 4.22. The molecule has 0 aromatic heterocycles. The maximum atomic E-state index is 11.9. The second-order valence-corrected chi connectivity index (χ2v) is 4.63. The minimum atomic E-state index is -0.339. The third-order valence-corrected chi connectivity index (χ3v) is 3.05. The fraction of sp³-hybridized carbons (Fsp3) is 0.133. The Hall–Kier alpha value is -2.40. The number of hydrogen-bond donors (Lipinski definition) is 2. The summed E-state index contributed by atoms with van der Waals surface area (Å²) in [5.74, 6) is 0.723. The maximum Gasteiger partial charge on any atom is 0.262 e. The Morgan fingerprint density at radius 3 is 2.76 bits per heavy atom. The first-order valence-electron chi connectivity index (χ1n) is 6.21. The number of amides is 1. The normalized spacial score (nSPS) is 10.0. The zero-order chi connectivity index (χ0) is 15.2. The summed E-state index contributed by atoms with van der Waals surface area (Å²) in [6.07, 6.45) is 0. The predicted molar refractivity (Wildman–Crippen MR) is 83.0 cm³/mol. The predicted octanol–water partition coefficient (Wildman–Crippen LogP) is 2.95. The standard InChI is InChI=1S/C15H15ClN2O3/c1-20-10-6-7-11(16)13(8-10)18-15(19)9-21-14-5-3-2-4-12(14)17/h2-8H,9,17H2,1H3,(H,18,19). The summed E-state index contributed by atoms with van der Waals surface area (Å²) < 4.78 is 10.4. The number of benzene rings is 2. The summed E-state index contributed by atoms with van der Waals surface area (Å²) in [7, 11) is 1.54. The van der Waals surface area contributed by atoms with Crippen molar-refractivity contribution in [2.24, 2.45) is 0 Å². The number of carbonyl (C=O) groups excluding carboxylic acids is 1. The molecule has 0 heterocycles. The van der Waals surface area contributed by atoms with E-state index in [1.165, 1.54) is 7.11 Å². The smallest absolute Gasteiger partial charge is 0.262 e. The first kappa shape index (κ1) is 15.0. The van der Waals surface area contributed by atoms with Crippen molar-refractivity contribution < 1.29 is 14.3 Å². The summed E-state index contributed by atoms with van der Waals surface area (Å²) in [4.78, 5) is 11.9. The van der Waals surface area contributed by atoms with E-state index in [0.717, 1.165) is 0 Å². The number of hydrogen-bond acceptors (Lipinski definition) is 4. The highest BCUT2D eigenvalue weighted by Crippen LogP contribution is 2.26. The van der Waals surface area contributed by atoms with Crippen LogP contribution in [0.3, 0.4) is 0 Å². The molecular formula is C15H15ClN2O3. The molecule has 0 atom stereocenters. The van der Waals surface area contributed by atoms with Gasteiger partial charge in [-0.2, -0.15) is 0 Å². The number of para-hydroxylation sites is 2. The van der Waals surface area contributed by atoms with Gasteiger partial charge in [-0.3, -0.25) is 4.79 Å². The quantitative estimate of drug-likeness (QED) is 0.833. The van der Waals surface area contributed by atoms with Crippen LogP contribution in [-0.2, 0) is 4.79 Å². The SMILES string of the molecule is COc1ccc(Cl)c(NC(=O)COc2ccccc2N)c1. The van der Waals surface area contributed by atoms with Crippen molar-refractivity contribution in [3.8, 4) is 11.5 Å². The van der Waals surface area contributed by atoms with Gasteiger partial charge >= 0.3 is 0 Å². The van der Waals surface area contributed by atoms with E-state index in [1.807, 2.05) is 0 Å². The third kappa shape index (κ3) is 4.03. The van der Waals surface area contributed by atoms with E-state index in [9.17, 15) is 4.79 Å². The molecule has 0 radical (unpaired) electrons. The maximum absolute atomic E-state index is 11.9. The van der Waals surface area contributed by atoms with E-state index >= 15 is 0 Å². The number of nitrogens with one attached hydrogen (secondary N) is 1. The van der Waals surface area contributed by atoms with E-state index in [0.29, 0.717) is 27.9 Å². The lowest BCUT2D eigenvalue weighted by atomic mass is 10.3. The average molecular weight is 307 g/mol. The Bertz CT molecular complexity index is 647. The molecule has 0 aliphatic heterocycles. The van der Waals surface area contributed by atoms with E-state index in [4.69, 9.17) is 26.8 Å². The summed E-state index contributed by atoms with van der Waals surface area (Å²) in [6, 6.07) is 12.0. The molecule has 2 rings (SSSR count). The molecule has 3 N–H and O–H groups in total. The highest BCUT2D eigenvalue weighted by molar-refractivity contribution is 6.33. The van der Waals surface area contributed by atoms with Crippen molar-refractivity contribution in [3.63, 3.8) is 0 Å². The molecular weight excluding hydrogens is 292 g/mol. The molecule has 110 valence electrons. The zero-order valence-corrected chi connectivity index (χ0v) is 12.2. The monoisotopic (exact) mass is 306 g/mol. The van der Waals surface area contributed by atoms with Gasteiger partial charge in [0.1, 0.15) is 11.5 Å². The highest BCUT2D eigenvalue weighted by Gasteiger charge is 2.09. The minimum absolute atomic E-state index is 0.165. The zero-order valence-electron chi connectivity index (χ0n) is 11.4. The van der Waals surface area contributed by atoms with Gasteiger partial charge in [0.25, 0.3) is 5.91 Å². The van der Waals surface area contributed by atoms with Crippen LogP contribution in [0, 0.1) is 0 Å². The Balaban J connectivity index is 1.97. The van der Waals surface area contributed by atoms with Gasteiger partial charge in [0.15, 0.2) is 6.61 Å². The Morgan fingerprint density at radius 1 is 1.29 bits per heavy atom. The first-order valence-corrected chi connectivity index (χ1v) is 6.58. The largest absolute Gasteiger partial charge is 0.497 e. The summed E-state index contributed by atoms with van der Waals surface area (Å²) in [5, 5.41) is 3.08. The van der Waals surface area contributed by atoms with Crippen molar-refractivity contribution in [2.45, 2.75) is 0 Å². The van der Waals surface area contributed by atoms with E-state index in [1.54, 1.807) is 42.5 Å². The van der Waals surface area contributed by atoms with Crippen LogP contribution in [0.15, 0.2) is 42.5 Å². The fourth-order valence-electron chi connectivity index (χ4n) is 1.67. The first-order chi connectivity index (χ1) is 10.1. The lowest BCUT2D eigenvalue weighted by Crippen LogP contribution is -2.20. The Morgan fingerprint density at radius 2 is 2.05 bits per heavy atom. The molecule has 2 aromatic carbocycles. The number of halogens is 1. The molecule has 1 amide bonds. The Kier molecular flexibility index (Phi) is 4.90. The van der Waals surface area contributed by atoms with Crippen LogP contribution in [0.2, 0.25) is 5.02 Å². The minimum Gasteiger partial charge on any atom is -0.497 e. The highest BCUT2D eigenvalue weighted by atomic mass is 35.5. The van der Waals surface area contributed by atoms with Crippen molar-refractivity contribution in [2.75, 3.05) is 24.8 Å². The summed E-state index contributed by atoms with van der Waals surface area (Å²) in [6.45, 7) is -0.165. The van der Waals surface area contributed by atoms with Crippen LogP contribution in [0.5, 0.6) is 11.5 Å². The summed E-state index contributed by atoms with van der Waals surface area (Å²) in [5.41, 5.74) is 6.67. The van der Waals surface area contributed by atoms with E-state index in [-0.39, 0.29) is 12.5 Å². The van der Waals surface area contributed by atoms with Crippen molar-refractivity contribution in [3.05, 3.63) is 47.5 Å².